The Bertz CT molecular complexity index is 1030. The van der Waals surface area contributed by atoms with Crippen molar-refractivity contribution in [2.75, 3.05) is 5.32 Å². The van der Waals surface area contributed by atoms with Gasteiger partial charge in [0.1, 0.15) is 5.75 Å². The molecule has 0 atom stereocenters. The predicted octanol–water partition coefficient (Wildman–Crippen LogP) is 4.79. The molecule has 0 aliphatic carbocycles. The first-order valence-electron chi connectivity index (χ1n) is 7.99. The number of benzene rings is 3. The smallest absolute Gasteiger partial charge is 0.259 e. The Hall–Kier alpha value is -3.53. The quantitative estimate of drug-likeness (QED) is 0.506. The van der Waals surface area contributed by atoms with Gasteiger partial charge in [0, 0.05) is 22.2 Å². The molecule has 0 saturated heterocycles. The average Bonchev–Trinajstić information content (AvgIpc) is 3.06. The summed E-state index contributed by atoms with van der Waals surface area (Å²) in [6.07, 6.45) is 0. The van der Waals surface area contributed by atoms with Crippen LogP contribution >= 0.6 is 0 Å². The first-order chi connectivity index (χ1) is 12.2. The van der Waals surface area contributed by atoms with E-state index in [1.807, 2.05) is 48.5 Å². The molecule has 1 aromatic heterocycles. The molecule has 3 aromatic carbocycles. The van der Waals surface area contributed by atoms with Gasteiger partial charge in [-0.25, -0.2) is 0 Å². The molecule has 4 heteroatoms. The van der Waals surface area contributed by atoms with E-state index in [2.05, 4.69) is 16.4 Å². The number of amides is 1. The number of carbonyl (C=O) groups excluding carboxylic acids is 1. The van der Waals surface area contributed by atoms with E-state index in [0.29, 0.717) is 5.69 Å². The first kappa shape index (κ1) is 15.0. The summed E-state index contributed by atoms with van der Waals surface area (Å²) < 4.78 is 0. The number of aromatic hydroxyl groups is 1. The van der Waals surface area contributed by atoms with Gasteiger partial charge < -0.3 is 15.4 Å². The average molecular weight is 328 g/mol. The minimum absolute atomic E-state index is 0.0388. The van der Waals surface area contributed by atoms with Gasteiger partial charge in [-0.1, -0.05) is 48.5 Å². The summed E-state index contributed by atoms with van der Waals surface area (Å²) in [6, 6.07) is 24.2. The van der Waals surface area contributed by atoms with E-state index in [4.69, 9.17) is 0 Å². The number of aromatic nitrogens is 1. The largest absolute Gasteiger partial charge is 0.507 e. The summed E-state index contributed by atoms with van der Waals surface area (Å²) in [6.45, 7) is 0. The van der Waals surface area contributed by atoms with E-state index in [0.717, 1.165) is 22.2 Å². The molecule has 3 N–H and O–H groups in total. The van der Waals surface area contributed by atoms with Crippen LogP contribution in [0.25, 0.3) is 22.2 Å². The van der Waals surface area contributed by atoms with Crippen LogP contribution in [-0.2, 0) is 0 Å². The lowest BCUT2D eigenvalue weighted by atomic mass is 10.1. The van der Waals surface area contributed by atoms with Crippen LogP contribution in [0.4, 0.5) is 5.69 Å². The van der Waals surface area contributed by atoms with E-state index in [1.165, 1.54) is 6.07 Å². The fourth-order valence-electron chi connectivity index (χ4n) is 2.90. The number of fused-ring (bicyclic) bond motifs is 1. The highest BCUT2D eigenvalue weighted by molar-refractivity contribution is 6.08. The summed E-state index contributed by atoms with van der Waals surface area (Å²) in [4.78, 5) is 15.9. The lowest BCUT2D eigenvalue weighted by Crippen LogP contribution is -2.12. The number of rotatable bonds is 3. The molecule has 4 rings (SSSR count). The van der Waals surface area contributed by atoms with Crippen molar-refractivity contribution >= 4 is 22.5 Å². The Morgan fingerprint density at radius 1 is 0.880 bits per heavy atom. The highest BCUT2D eigenvalue weighted by atomic mass is 16.3. The topological polar surface area (TPSA) is 65.1 Å². The lowest BCUT2D eigenvalue weighted by Gasteiger charge is -2.11. The number of phenols is 1. The van der Waals surface area contributed by atoms with Crippen molar-refractivity contribution in [3.05, 3.63) is 84.4 Å². The molecule has 0 radical (unpaired) electrons. The molecule has 4 aromatic rings. The third kappa shape index (κ3) is 2.85. The van der Waals surface area contributed by atoms with Gasteiger partial charge in [-0.15, -0.1) is 0 Å². The van der Waals surface area contributed by atoms with Crippen molar-refractivity contribution in [2.24, 2.45) is 0 Å². The zero-order valence-electron chi connectivity index (χ0n) is 13.4. The van der Waals surface area contributed by atoms with Crippen LogP contribution in [0, 0.1) is 0 Å². The van der Waals surface area contributed by atoms with E-state index in [9.17, 15) is 9.90 Å². The standard InChI is InChI=1S/C21H16N2O2/c24-20-12-6-3-9-16(20)21(25)23-18-11-5-2-8-15(18)19-13-14-7-1-4-10-17(14)22-19/h1-13,22,24H,(H,23,25). The highest BCUT2D eigenvalue weighted by Crippen LogP contribution is 2.30. The molecule has 0 bridgehead atoms. The van der Waals surface area contributed by atoms with Crippen LogP contribution < -0.4 is 5.32 Å². The first-order valence-corrected chi connectivity index (χ1v) is 7.99. The van der Waals surface area contributed by atoms with Gasteiger partial charge in [-0.2, -0.15) is 0 Å². The number of phenolic OH excluding ortho intramolecular Hbond substituents is 1. The maximum absolute atomic E-state index is 12.5. The van der Waals surface area contributed by atoms with Crippen LogP contribution in [0.2, 0.25) is 0 Å². The molecule has 1 heterocycles. The van der Waals surface area contributed by atoms with Crippen LogP contribution in [0.3, 0.4) is 0 Å². The maximum atomic E-state index is 12.5. The monoisotopic (exact) mass is 328 g/mol. The van der Waals surface area contributed by atoms with Gasteiger partial charge in [0.2, 0.25) is 0 Å². The number of H-pyrrole nitrogens is 1. The molecule has 25 heavy (non-hydrogen) atoms. The van der Waals surface area contributed by atoms with Crippen LogP contribution in [-0.4, -0.2) is 16.0 Å². The molecular formula is C21H16N2O2. The second-order valence-corrected chi connectivity index (χ2v) is 5.79. The summed E-state index contributed by atoms with van der Waals surface area (Å²) in [7, 11) is 0. The number of carbonyl (C=O) groups is 1. The van der Waals surface area contributed by atoms with Gasteiger partial charge in [-0.05, 0) is 30.3 Å². The SMILES string of the molecule is O=C(Nc1ccccc1-c1cc2ccccc2[nH]1)c1ccccc1O. The maximum Gasteiger partial charge on any atom is 0.259 e. The van der Waals surface area contributed by atoms with E-state index in [1.54, 1.807) is 18.2 Å². The van der Waals surface area contributed by atoms with Crippen LogP contribution in [0.15, 0.2) is 78.9 Å². The third-order valence-electron chi connectivity index (χ3n) is 4.14. The molecular weight excluding hydrogens is 312 g/mol. The van der Waals surface area contributed by atoms with Crippen molar-refractivity contribution in [3.8, 4) is 17.0 Å². The zero-order chi connectivity index (χ0) is 17.2. The predicted molar refractivity (Wildman–Crippen MR) is 99.8 cm³/mol. The fourth-order valence-corrected chi connectivity index (χ4v) is 2.90. The summed E-state index contributed by atoms with van der Waals surface area (Å²) in [5, 5.41) is 13.9. The summed E-state index contributed by atoms with van der Waals surface area (Å²) >= 11 is 0. The molecule has 0 unspecified atom stereocenters. The number of para-hydroxylation sites is 3. The molecule has 1 amide bonds. The minimum Gasteiger partial charge on any atom is -0.507 e. The Morgan fingerprint density at radius 2 is 1.60 bits per heavy atom. The third-order valence-corrected chi connectivity index (χ3v) is 4.14. The fraction of sp³-hybridized carbons (Fsp3) is 0. The van der Waals surface area contributed by atoms with Crippen molar-refractivity contribution in [1.29, 1.82) is 0 Å². The van der Waals surface area contributed by atoms with E-state index >= 15 is 0 Å². The Kier molecular flexibility index (Phi) is 3.71. The molecule has 0 spiro atoms. The van der Waals surface area contributed by atoms with Crippen molar-refractivity contribution in [3.63, 3.8) is 0 Å². The number of hydrogen-bond acceptors (Lipinski definition) is 2. The normalized spacial score (nSPS) is 10.7. The van der Waals surface area contributed by atoms with Gasteiger partial charge >= 0.3 is 0 Å². The number of aromatic amines is 1. The molecule has 0 aliphatic rings. The van der Waals surface area contributed by atoms with Crippen molar-refractivity contribution < 1.29 is 9.90 Å². The Balaban J connectivity index is 1.72. The van der Waals surface area contributed by atoms with Crippen molar-refractivity contribution in [1.82, 2.24) is 4.98 Å². The summed E-state index contributed by atoms with van der Waals surface area (Å²) in [5.74, 6) is -0.384. The highest BCUT2D eigenvalue weighted by Gasteiger charge is 2.14. The lowest BCUT2D eigenvalue weighted by molar-refractivity contribution is 0.102. The Morgan fingerprint density at radius 3 is 2.44 bits per heavy atom. The van der Waals surface area contributed by atoms with Gasteiger partial charge in [0.25, 0.3) is 5.91 Å². The molecule has 0 fully saturated rings. The van der Waals surface area contributed by atoms with E-state index < -0.39 is 0 Å². The molecule has 4 nitrogen and oxygen atoms in total. The number of anilines is 1. The van der Waals surface area contributed by atoms with Gasteiger partial charge in [0.05, 0.1) is 11.3 Å². The van der Waals surface area contributed by atoms with Gasteiger partial charge in [-0.3, -0.25) is 4.79 Å². The second kappa shape index (κ2) is 6.17. The van der Waals surface area contributed by atoms with E-state index in [-0.39, 0.29) is 17.2 Å². The Labute approximate surface area is 144 Å². The second-order valence-electron chi connectivity index (χ2n) is 5.79. The molecule has 122 valence electrons. The van der Waals surface area contributed by atoms with Crippen LogP contribution in [0.5, 0.6) is 5.75 Å². The minimum atomic E-state index is -0.346. The summed E-state index contributed by atoms with van der Waals surface area (Å²) in [5.41, 5.74) is 3.78. The molecule has 0 saturated carbocycles. The van der Waals surface area contributed by atoms with Crippen molar-refractivity contribution in [2.45, 2.75) is 0 Å². The molecule has 0 aliphatic heterocycles. The number of hydrogen-bond donors (Lipinski definition) is 3. The van der Waals surface area contributed by atoms with Crippen LogP contribution in [0.1, 0.15) is 10.4 Å². The number of nitrogens with one attached hydrogen (secondary N) is 2. The van der Waals surface area contributed by atoms with Gasteiger partial charge in [0.15, 0.2) is 0 Å². The zero-order valence-corrected chi connectivity index (χ0v) is 13.4.